The first kappa shape index (κ1) is 28.1. The number of piperidine rings is 1. The number of carbonyl (C=O) groups is 3. The lowest BCUT2D eigenvalue weighted by molar-refractivity contribution is -0.192. The number of halogens is 3. The number of fused-ring (bicyclic) bond motifs is 1. The first-order chi connectivity index (χ1) is 18.0. The third-order valence-electron chi connectivity index (χ3n) is 8.66. The molecule has 1 unspecified atom stereocenters. The molecule has 3 amide bonds. The zero-order valence-electron chi connectivity index (χ0n) is 21.8. The summed E-state index contributed by atoms with van der Waals surface area (Å²) in [5.74, 6) is -2.41. The van der Waals surface area contributed by atoms with Gasteiger partial charge in [0.05, 0.1) is 5.41 Å². The molecule has 0 bridgehead atoms. The largest absolute Gasteiger partial charge is 0.490 e. The number of urea groups is 1. The highest BCUT2D eigenvalue weighted by Gasteiger charge is 2.65. The lowest BCUT2D eigenvalue weighted by Gasteiger charge is -2.47. The molecule has 4 aliphatic heterocycles. The molecule has 1 N–H and O–H groups in total. The molecule has 4 aliphatic rings. The highest BCUT2D eigenvalue weighted by Crippen LogP contribution is 2.58. The number of hydrogen-bond donors (Lipinski definition) is 1. The van der Waals surface area contributed by atoms with E-state index in [4.69, 9.17) is 9.90 Å². The molecule has 38 heavy (non-hydrogen) atoms. The van der Waals surface area contributed by atoms with Crippen molar-refractivity contribution in [3.05, 3.63) is 30.1 Å². The van der Waals surface area contributed by atoms with Crippen LogP contribution in [0, 0.1) is 10.8 Å². The minimum absolute atomic E-state index is 0.0298. The Balaban J connectivity index is 0.000000426. The zero-order valence-corrected chi connectivity index (χ0v) is 21.8. The van der Waals surface area contributed by atoms with Crippen LogP contribution in [0.1, 0.15) is 44.6 Å². The number of aliphatic carboxylic acids is 1. The average Bonchev–Trinajstić information content (AvgIpc) is 3.60. The van der Waals surface area contributed by atoms with Crippen molar-refractivity contribution in [2.75, 3.05) is 52.4 Å². The standard InChI is InChI=1S/C24H35N5O2.C2HF3O2/c1-2-27-15-9-24(21(27)30)19-26(17-20-6-5-10-25-16-20)18-23(24)7-13-29(14-8-23)22(31)28-11-3-4-12-28;3-2(4,5)1(6)7/h5-6,10,16H,2-4,7-9,11-15,17-19H2,1H3;(H,6,7). The molecule has 0 aliphatic carbocycles. The molecular weight excluding hydrogens is 503 g/mol. The summed E-state index contributed by atoms with van der Waals surface area (Å²) in [6, 6.07) is 4.31. The van der Waals surface area contributed by atoms with Crippen molar-refractivity contribution in [3.63, 3.8) is 0 Å². The fourth-order valence-electron chi connectivity index (χ4n) is 6.69. The van der Waals surface area contributed by atoms with Crippen LogP contribution in [0.4, 0.5) is 18.0 Å². The Labute approximate surface area is 220 Å². The summed E-state index contributed by atoms with van der Waals surface area (Å²) < 4.78 is 31.7. The predicted molar refractivity (Wildman–Crippen MR) is 132 cm³/mol. The van der Waals surface area contributed by atoms with Crippen molar-refractivity contribution < 1.29 is 32.7 Å². The molecule has 1 aromatic heterocycles. The van der Waals surface area contributed by atoms with Crippen LogP contribution in [0.25, 0.3) is 0 Å². The molecule has 5 rings (SSSR count). The van der Waals surface area contributed by atoms with Crippen LogP contribution in [0.5, 0.6) is 0 Å². The van der Waals surface area contributed by atoms with E-state index in [1.54, 1.807) is 0 Å². The monoisotopic (exact) mass is 539 g/mol. The van der Waals surface area contributed by atoms with E-state index in [9.17, 15) is 22.8 Å². The quantitative estimate of drug-likeness (QED) is 0.634. The van der Waals surface area contributed by atoms with Crippen LogP contribution in [0.2, 0.25) is 0 Å². The van der Waals surface area contributed by atoms with Gasteiger partial charge in [-0.1, -0.05) is 6.07 Å². The van der Waals surface area contributed by atoms with Gasteiger partial charge in [-0.25, -0.2) is 9.59 Å². The van der Waals surface area contributed by atoms with Crippen LogP contribution in [0.15, 0.2) is 24.5 Å². The molecule has 4 fully saturated rings. The number of rotatable bonds is 3. The molecule has 4 saturated heterocycles. The molecule has 1 aromatic rings. The van der Waals surface area contributed by atoms with E-state index in [1.165, 1.54) is 5.56 Å². The Morgan fingerprint density at radius 1 is 1.03 bits per heavy atom. The van der Waals surface area contributed by atoms with Gasteiger partial charge in [0.15, 0.2) is 0 Å². The summed E-state index contributed by atoms with van der Waals surface area (Å²) in [5, 5.41) is 7.12. The maximum absolute atomic E-state index is 13.7. The van der Waals surface area contributed by atoms with Crippen LogP contribution in [-0.2, 0) is 16.1 Å². The van der Waals surface area contributed by atoms with Gasteiger partial charge in [-0.05, 0) is 50.7 Å². The highest BCUT2D eigenvalue weighted by molar-refractivity contribution is 5.87. The van der Waals surface area contributed by atoms with Gasteiger partial charge in [0.1, 0.15) is 0 Å². The molecule has 0 radical (unpaired) electrons. The first-order valence-corrected chi connectivity index (χ1v) is 13.3. The summed E-state index contributed by atoms with van der Waals surface area (Å²) in [4.78, 5) is 48.4. The van der Waals surface area contributed by atoms with Crippen LogP contribution in [0.3, 0.4) is 0 Å². The van der Waals surface area contributed by atoms with E-state index < -0.39 is 12.1 Å². The van der Waals surface area contributed by atoms with Gasteiger partial charge >= 0.3 is 18.2 Å². The van der Waals surface area contributed by atoms with Crippen molar-refractivity contribution in [2.45, 2.75) is 51.7 Å². The molecule has 12 heteroatoms. The van der Waals surface area contributed by atoms with E-state index in [-0.39, 0.29) is 16.9 Å². The van der Waals surface area contributed by atoms with Gasteiger partial charge in [0, 0.05) is 76.7 Å². The molecule has 1 atom stereocenters. The number of amides is 3. The predicted octanol–water partition coefficient (Wildman–Crippen LogP) is 3.07. The number of alkyl halides is 3. The van der Waals surface area contributed by atoms with Crippen LogP contribution < -0.4 is 0 Å². The van der Waals surface area contributed by atoms with Gasteiger partial charge in [0.2, 0.25) is 5.91 Å². The van der Waals surface area contributed by atoms with Crippen molar-refractivity contribution in [1.29, 1.82) is 0 Å². The smallest absolute Gasteiger partial charge is 0.475 e. The van der Waals surface area contributed by atoms with Crippen molar-refractivity contribution >= 4 is 17.9 Å². The average molecular weight is 540 g/mol. The number of carbonyl (C=O) groups excluding carboxylic acids is 2. The van der Waals surface area contributed by atoms with Gasteiger partial charge in [-0.2, -0.15) is 13.2 Å². The summed E-state index contributed by atoms with van der Waals surface area (Å²) in [6.07, 6.45) is 3.71. The lowest BCUT2D eigenvalue weighted by Crippen LogP contribution is -2.55. The second kappa shape index (κ2) is 11.1. The fourth-order valence-corrected chi connectivity index (χ4v) is 6.69. The van der Waals surface area contributed by atoms with Gasteiger partial charge in [-0.3, -0.25) is 14.7 Å². The normalized spacial score (nSPS) is 25.3. The van der Waals surface area contributed by atoms with E-state index in [0.717, 1.165) is 91.0 Å². The topological polar surface area (TPSA) is 97.3 Å². The second-order valence-corrected chi connectivity index (χ2v) is 10.8. The van der Waals surface area contributed by atoms with E-state index in [2.05, 4.69) is 27.8 Å². The third kappa shape index (κ3) is 5.45. The van der Waals surface area contributed by atoms with Gasteiger partial charge in [0.25, 0.3) is 0 Å². The van der Waals surface area contributed by atoms with Crippen molar-refractivity contribution in [3.8, 4) is 0 Å². The van der Waals surface area contributed by atoms with Crippen LogP contribution in [-0.4, -0.2) is 106 Å². The maximum Gasteiger partial charge on any atom is 0.490 e. The van der Waals surface area contributed by atoms with Crippen molar-refractivity contribution in [1.82, 2.24) is 24.6 Å². The molecule has 5 heterocycles. The summed E-state index contributed by atoms with van der Waals surface area (Å²) in [6.45, 7) is 9.70. The minimum atomic E-state index is -5.08. The minimum Gasteiger partial charge on any atom is -0.475 e. The summed E-state index contributed by atoms with van der Waals surface area (Å²) in [7, 11) is 0. The molecule has 9 nitrogen and oxygen atoms in total. The number of hydrogen-bond acceptors (Lipinski definition) is 5. The fraction of sp³-hybridized carbons (Fsp3) is 0.692. The van der Waals surface area contributed by atoms with Gasteiger partial charge < -0.3 is 19.8 Å². The summed E-state index contributed by atoms with van der Waals surface area (Å²) in [5.41, 5.74) is 0.876. The van der Waals surface area contributed by atoms with Crippen LogP contribution >= 0.6 is 0 Å². The number of likely N-dealkylation sites (tertiary alicyclic amines) is 4. The third-order valence-corrected chi connectivity index (χ3v) is 8.66. The second-order valence-electron chi connectivity index (χ2n) is 10.8. The molecule has 0 saturated carbocycles. The molecule has 210 valence electrons. The zero-order chi connectivity index (χ0) is 27.6. The molecule has 0 aromatic carbocycles. The lowest BCUT2D eigenvalue weighted by atomic mass is 9.60. The summed E-state index contributed by atoms with van der Waals surface area (Å²) >= 11 is 0. The van der Waals surface area contributed by atoms with E-state index >= 15 is 0 Å². The Bertz CT molecular complexity index is 1010. The number of carboxylic acids is 1. The van der Waals surface area contributed by atoms with E-state index in [1.807, 2.05) is 28.3 Å². The molecule has 2 spiro atoms. The Morgan fingerprint density at radius 3 is 2.18 bits per heavy atom. The number of pyridine rings is 1. The van der Waals surface area contributed by atoms with E-state index in [0.29, 0.717) is 5.91 Å². The Kier molecular flexibility index (Phi) is 8.20. The SMILES string of the molecule is CCN1CCC2(CN(Cc3cccnc3)CC23CCN(C(=O)N2CCCC2)CC3)C1=O.O=C(O)C(F)(F)F. The number of aromatic nitrogens is 1. The number of nitrogens with zero attached hydrogens (tertiary/aromatic N) is 5. The Morgan fingerprint density at radius 2 is 1.66 bits per heavy atom. The van der Waals surface area contributed by atoms with Crippen molar-refractivity contribution in [2.24, 2.45) is 10.8 Å². The number of carboxylic acid groups (broad SMARTS) is 1. The Hall–Kier alpha value is -2.89. The van der Waals surface area contributed by atoms with Gasteiger partial charge in [-0.15, -0.1) is 0 Å². The molecular formula is C26H36F3N5O4. The first-order valence-electron chi connectivity index (χ1n) is 13.3. The highest BCUT2D eigenvalue weighted by atomic mass is 19.4. The maximum atomic E-state index is 13.7.